The van der Waals surface area contributed by atoms with Crippen molar-refractivity contribution in [3.05, 3.63) is 107 Å². The highest BCUT2D eigenvalue weighted by molar-refractivity contribution is 6.31. The van der Waals surface area contributed by atoms with E-state index in [-0.39, 0.29) is 0 Å². The molecular formula is C25H21ClN2O3. The Morgan fingerprint density at radius 3 is 2.42 bits per heavy atom. The van der Waals surface area contributed by atoms with Gasteiger partial charge in [-0.1, -0.05) is 72.3 Å². The van der Waals surface area contributed by atoms with Gasteiger partial charge in [0.05, 0.1) is 19.3 Å². The number of methoxy groups -OCH3 is 1. The second-order valence-corrected chi connectivity index (χ2v) is 7.39. The molecule has 1 unspecified atom stereocenters. The average Bonchev–Trinajstić information content (AvgIpc) is 3.27. The standard InChI is InChI=1S/C25H21ClN2O3/c1-30-25(29)24(19-10-6-3-7-11-19)31-23-13-12-20(26)16-21(23)22-14-15-28(27-22)17-18-8-4-2-5-9-18/h2-16,24H,17H2,1H3. The van der Waals surface area contributed by atoms with E-state index in [2.05, 4.69) is 17.2 Å². The zero-order valence-electron chi connectivity index (χ0n) is 16.9. The van der Waals surface area contributed by atoms with Crippen LogP contribution in [0.15, 0.2) is 91.1 Å². The summed E-state index contributed by atoms with van der Waals surface area (Å²) in [7, 11) is 1.34. The molecule has 0 saturated carbocycles. The van der Waals surface area contributed by atoms with E-state index in [4.69, 9.17) is 21.1 Å². The quantitative estimate of drug-likeness (QED) is 0.359. The Bertz CT molecular complexity index is 1160. The van der Waals surface area contributed by atoms with E-state index in [1.165, 1.54) is 7.11 Å². The van der Waals surface area contributed by atoms with E-state index in [0.29, 0.717) is 34.1 Å². The van der Waals surface area contributed by atoms with Gasteiger partial charge in [0.15, 0.2) is 0 Å². The molecule has 3 aromatic carbocycles. The third-order valence-electron chi connectivity index (χ3n) is 4.81. The van der Waals surface area contributed by atoms with Crippen LogP contribution in [0.3, 0.4) is 0 Å². The predicted octanol–water partition coefficient (Wildman–Crippen LogP) is 5.54. The summed E-state index contributed by atoms with van der Waals surface area (Å²) in [6.45, 7) is 0.645. The summed E-state index contributed by atoms with van der Waals surface area (Å²) in [5, 5.41) is 5.23. The van der Waals surface area contributed by atoms with E-state index in [0.717, 1.165) is 5.56 Å². The summed E-state index contributed by atoms with van der Waals surface area (Å²) in [5.74, 6) is 0.00956. The van der Waals surface area contributed by atoms with Gasteiger partial charge in [0.2, 0.25) is 6.10 Å². The zero-order valence-corrected chi connectivity index (χ0v) is 17.7. The van der Waals surface area contributed by atoms with Gasteiger partial charge in [-0.2, -0.15) is 5.10 Å². The fraction of sp³-hybridized carbons (Fsp3) is 0.120. The number of ether oxygens (including phenoxy) is 2. The van der Waals surface area contributed by atoms with E-state index >= 15 is 0 Å². The van der Waals surface area contributed by atoms with E-state index in [1.54, 1.807) is 18.2 Å². The van der Waals surface area contributed by atoms with E-state index in [9.17, 15) is 4.79 Å². The Balaban J connectivity index is 1.66. The highest BCUT2D eigenvalue weighted by atomic mass is 35.5. The lowest BCUT2D eigenvalue weighted by Gasteiger charge is -2.19. The molecule has 4 aromatic rings. The summed E-state index contributed by atoms with van der Waals surface area (Å²) in [4.78, 5) is 12.4. The number of aromatic nitrogens is 2. The number of benzene rings is 3. The van der Waals surface area contributed by atoms with Gasteiger partial charge < -0.3 is 9.47 Å². The van der Waals surface area contributed by atoms with Gasteiger partial charge in [0.1, 0.15) is 5.75 Å². The van der Waals surface area contributed by atoms with Crippen LogP contribution in [0.4, 0.5) is 0 Å². The smallest absolute Gasteiger partial charge is 0.351 e. The molecule has 0 amide bonds. The van der Waals surface area contributed by atoms with Crippen molar-refractivity contribution in [1.82, 2.24) is 9.78 Å². The van der Waals surface area contributed by atoms with Crippen LogP contribution >= 0.6 is 11.6 Å². The molecule has 4 rings (SSSR count). The zero-order chi connectivity index (χ0) is 21.6. The van der Waals surface area contributed by atoms with Crippen LogP contribution in [0.25, 0.3) is 11.3 Å². The van der Waals surface area contributed by atoms with Crippen LogP contribution in [0, 0.1) is 0 Å². The van der Waals surface area contributed by atoms with Crippen LogP contribution in [-0.2, 0) is 16.1 Å². The van der Waals surface area contributed by atoms with Gasteiger partial charge in [-0.25, -0.2) is 4.79 Å². The number of hydrogen-bond donors (Lipinski definition) is 0. The van der Waals surface area contributed by atoms with Gasteiger partial charge >= 0.3 is 5.97 Å². The van der Waals surface area contributed by atoms with Crippen molar-refractivity contribution in [2.75, 3.05) is 7.11 Å². The summed E-state index contributed by atoms with van der Waals surface area (Å²) < 4.78 is 13.0. The molecule has 6 heteroatoms. The Kier molecular flexibility index (Phi) is 6.34. The summed E-state index contributed by atoms with van der Waals surface area (Å²) in [6, 6.07) is 26.5. The minimum atomic E-state index is -0.905. The number of carbonyl (C=O) groups excluding carboxylic acids is 1. The Hall–Kier alpha value is -3.57. The van der Waals surface area contributed by atoms with Crippen molar-refractivity contribution in [1.29, 1.82) is 0 Å². The molecule has 5 nitrogen and oxygen atoms in total. The van der Waals surface area contributed by atoms with Crippen molar-refractivity contribution >= 4 is 17.6 Å². The van der Waals surface area contributed by atoms with Crippen LogP contribution in [-0.4, -0.2) is 22.9 Å². The van der Waals surface area contributed by atoms with E-state index in [1.807, 2.05) is 65.5 Å². The molecule has 0 aliphatic rings. The number of halogens is 1. The van der Waals surface area contributed by atoms with Gasteiger partial charge in [-0.05, 0) is 29.8 Å². The van der Waals surface area contributed by atoms with Crippen molar-refractivity contribution in [2.45, 2.75) is 12.6 Å². The molecule has 1 atom stereocenters. The van der Waals surface area contributed by atoms with Gasteiger partial charge in [0, 0.05) is 22.3 Å². The molecule has 0 spiro atoms. The maximum absolute atomic E-state index is 12.4. The Morgan fingerprint density at radius 2 is 1.71 bits per heavy atom. The normalized spacial score (nSPS) is 11.7. The molecule has 0 aliphatic carbocycles. The SMILES string of the molecule is COC(=O)C(Oc1ccc(Cl)cc1-c1ccn(Cc2ccccc2)n1)c1ccccc1. The molecule has 1 aromatic heterocycles. The largest absolute Gasteiger partial charge is 0.473 e. The van der Waals surface area contributed by atoms with Crippen LogP contribution < -0.4 is 4.74 Å². The number of esters is 1. The van der Waals surface area contributed by atoms with Gasteiger partial charge in [-0.3, -0.25) is 4.68 Å². The maximum atomic E-state index is 12.4. The first-order chi connectivity index (χ1) is 15.1. The minimum Gasteiger partial charge on any atom is -0.473 e. The molecule has 0 fully saturated rings. The molecule has 31 heavy (non-hydrogen) atoms. The topological polar surface area (TPSA) is 53.4 Å². The predicted molar refractivity (Wildman–Crippen MR) is 120 cm³/mol. The number of rotatable bonds is 7. The van der Waals surface area contributed by atoms with Crippen molar-refractivity contribution in [3.8, 4) is 17.0 Å². The Labute approximate surface area is 185 Å². The third-order valence-corrected chi connectivity index (χ3v) is 5.04. The molecule has 0 saturated heterocycles. The first kappa shape index (κ1) is 20.7. The second kappa shape index (κ2) is 9.49. The molecule has 1 heterocycles. The Morgan fingerprint density at radius 1 is 1.00 bits per heavy atom. The first-order valence-corrected chi connectivity index (χ1v) is 10.2. The molecule has 0 radical (unpaired) electrons. The highest BCUT2D eigenvalue weighted by Crippen LogP contribution is 2.35. The fourth-order valence-electron chi connectivity index (χ4n) is 3.28. The molecule has 0 N–H and O–H groups in total. The van der Waals surface area contributed by atoms with Crippen LogP contribution in [0.5, 0.6) is 5.75 Å². The average molecular weight is 433 g/mol. The number of hydrogen-bond acceptors (Lipinski definition) is 4. The lowest BCUT2D eigenvalue weighted by Crippen LogP contribution is -2.20. The minimum absolute atomic E-state index is 0.485. The van der Waals surface area contributed by atoms with Crippen molar-refractivity contribution in [3.63, 3.8) is 0 Å². The molecule has 0 aliphatic heterocycles. The summed E-state index contributed by atoms with van der Waals surface area (Å²) in [6.07, 6.45) is 1.000. The number of nitrogens with zero attached hydrogens (tertiary/aromatic N) is 2. The molecule has 0 bridgehead atoms. The van der Waals surface area contributed by atoms with Crippen molar-refractivity contribution in [2.24, 2.45) is 0 Å². The fourth-order valence-corrected chi connectivity index (χ4v) is 3.46. The van der Waals surface area contributed by atoms with Gasteiger partial charge in [-0.15, -0.1) is 0 Å². The van der Waals surface area contributed by atoms with E-state index < -0.39 is 12.1 Å². The van der Waals surface area contributed by atoms with Crippen LogP contribution in [0.2, 0.25) is 5.02 Å². The van der Waals surface area contributed by atoms with Crippen molar-refractivity contribution < 1.29 is 14.3 Å². The number of carbonyl (C=O) groups is 1. The molecular weight excluding hydrogens is 412 g/mol. The second-order valence-electron chi connectivity index (χ2n) is 6.96. The first-order valence-electron chi connectivity index (χ1n) is 9.81. The summed E-state index contributed by atoms with van der Waals surface area (Å²) >= 11 is 6.26. The molecule has 156 valence electrons. The van der Waals surface area contributed by atoms with Crippen LogP contribution in [0.1, 0.15) is 17.2 Å². The lowest BCUT2D eigenvalue weighted by atomic mass is 10.1. The summed E-state index contributed by atoms with van der Waals surface area (Å²) in [5.41, 5.74) is 3.24. The maximum Gasteiger partial charge on any atom is 0.351 e. The monoisotopic (exact) mass is 432 g/mol. The third kappa shape index (κ3) is 4.95. The lowest BCUT2D eigenvalue weighted by molar-refractivity contribution is -0.149. The van der Waals surface area contributed by atoms with Gasteiger partial charge in [0.25, 0.3) is 0 Å². The highest BCUT2D eigenvalue weighted by Gasteiger charge is 2.25.